The Kier molecular flexibility index (Phi) is 6.69. The number of amides is 2. The van der Waals surface area contributed by atoms with Gasteiger partial charge in [0, 0.05) is 42.5 Å². The minimum Gasteiger partial charge on any atom is -0.372 e. The van der Waals surface area contributed by atoms with Crippen LogP contribution in [0.4, 0.5) is 11.4 Å². The lowest BCUT2D eigenvalue weighted by molar-refractivity contribution is -0.116. The highest BCUT2D eigenvalue weighted by molar-refractivity contribution is 5.95. The first-order valence-corrected chi connectivity index (χ1v) is 10.0. The van der Waals surface area contributed by atoms with Gasteiger partial charge in [-0.2, -0.15) is 0 Å². The molecule has 1 atom stereocenters. The first-order valence-electron chi connectivity index (χ1n) is 10.0. The van der Waals surface area contributed by atoms with Crippen molar-refractivity contribution >= 4 is 23.2 Å². The number of carbonyl (C=O) groups is 2. The number of anilines is 2. The van der Waals surface area contributed by atoms with Crippen molar-refractivity contribution in [2.24, 2.45) is 5.92 Å². The van der Waals surface area contributed by atoms with Crippen LogP contribution in [0.3, 0.4) is 0 Å². The summed E-state index contributed by atoms with van der Waals surface area (Å²) in [5, 5.41) is 5.78. The largest absolute Gasteiger partial charge is 0.372 e. The SMILES string of the molecule is CC1CCN(c2ccc(NC(=O)CC(C)NC(=O)c3ccccc3)cc2)CC1. The standard InChI is InChI=1S/C23H29N3O2/c1-17-12-14-26(15-13-17)21-10-8-20(9-11-21)25-22(27)16-18(2)24-23(28)19-6-4-3-5-7-19/h3-11,17-18H,12-16H2,1-2H3,(H,24,28)(H,25,27). The van der Waals surface area contributed by atoms with Crippen molar-refractivity contribution in [3.05, 3.63) is 60.2 Å². The maximum absolute atomic E-state index is 12.3. The number of hydrogen-bond acceptors (Lipinski definition) is 3. The Morgan fingerprint density at radius 2 is 1.68 bits per heavy atom. The molecule has 1 unspecified atom stereocenters. The number of carbonyl (C=O) groups excluding carboxylic acids is 2. The van der Waals surface area contributed by atoms with Gasteiger partial charge < -0.3 is 15.5 Å². The molecule has 1 fully saturated rings. The Morgan fingerprint density at radius 3 is 2.32 bits per heavy atom. The molecule has 0 aliphatic carbocycles. The van der Waals surface area contributed by atoms with E-state index in [0.717, 1.165) is 24.7 Å². The van der Waals surface area contributed by atoms with Crippen LogP contribution in [0.25, 0.3) is 0 Å². The fraction of sp³-hybridized carbons (Fsp3) is 0.391. The second kappa shape index (κ2) is 9.40. The van der Waals surface area contributed by atoms with E-state index in [0.29, 0.717) is 5.56 Å². The topological polar surface area (TPSA) is 61.4 Å². The van der Waals surface area contributed by atoms with Gasteiger partial charge in [-0.25, -0.2) is 0 Å². The second-order valence-corrected chi connectivity index (χ2v) is 7.71. The van der Waals surface area contributed by atoms with Crippen LogP contribution in [-0.2, 0) is 4.79 Å². The molecule has 1 saturated heterocycles. The number of nitrogens with zero attached hydrogens (tertiary/aromatic N) is 1. The van der Waals surface area contributed by atoms with Gasteiger partial charge in [0.15, 0.2) is 0 Å². The van der Waals surface area contributed by atoms with Gasteiger partial charge >= 0.3 is 0 Å². The number of nitrogens with one attached hydrogen (secondary N) is 2. The molecule has 2 amide bonds. The lowest BCUT2D eigenvalue weighted by atomic mass is 9.99. The molecular formula is C23H29N3O2. The van der Waals surface area contributed by atoms with Gasteiger partial charge in [-0.3, -0.25) is 9.59 Å². The zero-order valence-corrected chi connectivity index (χ0v) is 16.7. The normalized spacial score (nSPS) is 15.7. The van der Waals surface area contributed by atoms with E-state index >= 15 is 0 Å². The maximum Gasteiger partial charge on any atom is 0.251 e. The van der Waals surface area contributed by atoms with E-state index in [1.54, 1.807) is 12.1 Å². The van der Waals surface area contributed by atoms with Crippen LogP contribution >= 0.6 is 0 Å². The van der Waals surface area contributed by atoms with Crippen LogP contribution in [0.15, 0.2) is 54.6 Å². The van der Waals surface area contributed by atoms with Crippen molar-refractivity contribution in [1.82, 2.24) is 5.32 Å². The van der Waals surface area contributed by atoms with E-state index in [2.05, 4.69) is 34.6 Å². The van der Waals surface area contributed by atoms with Gasteiger partial charge in [-0.15, -0.1) is 0 Å². The van der Waals surface area contributed by atoms with Crippen LogP contribution in [0.2, 0.25) is 0 Å². The van der Waals surface area contributed by atoms with Gasteiger partial charge in [0.1, 0.15) is 0 Å². The van der Waals surface area contributed by atoms with Gasteiger partial charge in [-0.1, -0.05) is 25.1 Å². The van der Waals surface area contributed by atoms with Crippen molar-refractivity contribution in [1.29, 1.82) is 0 Å². The molecule has 1 aliphatic rings. The molecular weight excluding hydrogens is 350 g/mol. The monoisotopic (exact) mass is 379 g/mol. The molecule has 148 valence electrons. The van der Waals surface area contributed by atoms with Crippen molar-refractivity contribution in [3.63, 3.8) is 0 Å². The molecule has 28 heavy (non-hydrogen) atoms. The van der Waals surface area contributed by atoms with E-state index in [-0.39, 0.29) is 24.3 Å². The summed E-state index contributed by atoms with van der Waals surface area (Å²) < 4.78 is 0. The minimum atomic E-state index is -0.248. The van der Waals surface area contributed by atoms with Crippen LogP contribution in [0.5, 0.6) is 0 Å². The van der Waals surface area contributed by atoms with Crippen LogP contribution in [-0.4, -0.2) is 30.9 Å². The number of benzene rings is 2. The average Bonchev–Trinajstić information content (AvgIpc) is 2.69. The minimum absolute atomic E-state index is 0.111. The van der Waals surface area contributed by atoms with Crippen molar-refractivity contribution in [2.75, 3.05) is 23.3 Å². The highest BCUT2D eigenvalue weighted by Crippen LogP contribution is 2.24. The predicted octanol–water partition coefficient (Wildman–Crippen LogP) is 4.07. The molecule has 2 aromatic carbocycles. The lowest BCUT2D eigenvalue weighted by Crippen LogP contribution is -2.35. The summed E-state index contributed by atoms with van der Waals surface area (Å²) in [5.74, 6) is 0.528. The summed E-state index contributed by atoms with van der Waals surface area (Å²) in [6, 6.07) is 16.8. The molecule has 5 nitrogen and oxygen atoms in total. The van der Waals surface area contributed by atoms with E-state index in [9.17, 15) is 9.59 Å². The van der Waals surface area contributed by atoms with Gasteiger partial charge in [-0.05, 0) is 62.1 Å². The highest BCUT2D eigenvalue weighted by Gasteiger charge is 2.16. The Hall–Kier alpha value is -2.82. The van der Waals surface area contributed by atoms with Crippen LogP contribution in [0.1, 0.15) is 43.5 Å². The molecule has 0 radical (unpaired) electrons. The molecule has 0 saturated carbocycles. The second-order valence-electron chi connectivity index (χ2n) is 7.71. The molecule has 2 N–H and O–H groups in total. The summed E-state index contributed by atoms with van der Waals surface area (Å²) >= 11 is 0. The number of rotatable bonds is 6. The first kappa shape index (κ1) is 19.9. The average molecular weight is 380 g/mol. The smallest absolute Gasteiger partial charge is 0.251 e. The highest BCUT2D eigenvalue weighted by atomic mass is 16.2. The predicted molar refractivity (Wildman–Crippen MR) is 114 cm³/mol. The number of hydrogen-bond donors (Lipinski definition) is 2. The molecule has 0 aromatic heterocycles. The fourth-order valence-corrected chi connectivity index (χ4v) is 3.46. The Labute approximate surface area is 167 Å². The van der Waals surface area contributed by atoms with E-state index in [1.807, 2.05) is 37.3 Å². The first-order chi connectivity index (χ1) is 13.5. The summed E-state index contributed by atoms with van der Waals surface area (Å²) in [5.41, 5.74) is 2.58. The Bertz CT molecular complexity index is 781. The summed E-state index contributed by atoms with van der Waals surface area (Å²) in [7, 11) is 0. The fourth-order valence-electron chi connectivity index (χ4n) is 3.46. The Balaban J connectivity index is 1.47. The van der Waals surface area contributed by atoms with E-state index in [4.69, 9.17) is 0 Å². The van der Waals surface area contributed by atoms with Crippen molar-refractivity contribution in [3.8, 4) is 0 Å². The van der Waals surface area contributed by atoms with Gasteiger partial charge in [0.05, 0.1) is 0 Å². The maximum atomic E-state index is 12.3. The zero-order valence-electron chi connectivity index (χ0n) is 16.7. The summed E-state index contributed by atoms with van der Waals surface area (Å²) in [6.07, 6.45) is 2.68. The third kappa shape index (κ3) is 5.59. The van der Waals surface area contributed by atoms with Crippen LogP contribution < -0.4 is 15.5 Å². The zero-order chi connectivity index (χ0) is 19.9. The van der Waals surface area contributed by atoms with E-state index in [1.165, 1.54) is 18.5 Å². The third-order valence-electron chi connectivity index (χ3n) is 5.20. The quantitative estimate of drug-likeness (QED) is 0.795. The van der Waals surface area contributed by atoms with Gasteiger partial charge in [0.2, 0.25) is 5.91 Å². The Morgan fingerprint density at radius 1 is 1.04 bits per heavy atom. The molecule has 2 aromatic rings. The number of piperidine rings is 1. The molecule has 1 heterocycles. The summed E-state index contributed by atoms with van der Waals surface area (Å²) in [4.78, 5) is 26.8. The van der Waals surface area contributed by atoms with Crippen molar-refractivity contribution in [2.45, 2.75) is 39.2 Å². The lowest BCUT2D eigenvalue weighted by Gasteiger charge is -2.32. The summed E-state index contributed by atoms with van der Waals surface area (Å²) in [6.45, 7) is 6.32. The van der Waals surface area contributed by atoms with Crippen molar-refractivity contribution < 1.29 is 9.59 Å². The molecule has 1 aliphatic heterocycles. The molecule has 3 rings (SSSR count). The molecule has 0 spiro atoms. The third-order valence-corrected chi connectivity index (χ3v) is 5.20. The van der Waals surface area contributed by atoms with Crippen LogP contribution in [0, 0.1) is 5.92 Å². The van der Waals surface area contributed by atoms with E-state index < -0.39 is 0 Å². The van der Waals surface area contributed by atoms with Gasteiger partial charge in [0.25, 0.3) is 5.91 Å². The molecule has 0 bridgehead atoms. The molecule has 5 heteroatoms.